The van der Waals surface area contributed by atoms with Crippen molar-refractivity contribution in [1.82, 2.24) is 9.55 Å². The van der Waals surface area contributed by atoms with Gasteiger partial charge < -0.3 is 13.8 Å². The SMILES string of the molecule is COc1cc(/C=C2/CC[N+](C)(C)C2)c(-c2ccc(Cl)cc2)cc1-n1cnc(C)c1. The first-order valence-corrected chi connectivity index (χ1v) is 10.2. The zero-order valence-electron chi connectivity index (χ0n) is 17.4. The molecule has 0 saturated carbocycles. The molecule has 0 aliphatic carbocycles. The minimum absolute atomic E-state index is 0.738. The van der Waals surface area contributed by atoms with Gasteiger partial charge in [-0.15, -0.1) is 0 Å². The predicted molar refractivity (Wildman–Crippen MR) is 120 cm³/mol. The van der Waals surface area contributed by atoms with E-state index in [1.54, 1.807) is 7.11 Å². The molecule has 2 aromatic carbocycles. The van der Waals surface area contributed by atoms with Crippen LogP contribution < -0.4 is 4.74 Å². The Morgan fingerprint density at radius 1 is 1.17 bits per heavy atom. The molecule has 4 rings (SSSR count). The van der Waals surface area contributed by atoms with Crippen LogP contribution in [0.4, 0.5) is 0 Å². The molecule has 1 aromatic heterocycles. The van der Waals surface area contributed by atoms with Gasteiger partial charge in [0.2, 0.25) is 0 Å². The topological polar surface area (TPSA) is 27.1 Å². The van der Waals surface area contributed by atoms with Crippen LogP contribution >= 0.6 is 11.6 Å². The summed E-state index contributed by atoms with van der Waals surface area (Å²) in [6.45, 7) is 4.23. The van der Waals surface area contributed by atoms with E-state index in [4.69, 9.17) is 16.3 Å². The molecule has 0 radical (unpaired) electrons. The molecule has 1 aliphatic rings. The lowest BCUT2D eigenvalue weighted by atomic mass is 9.96. The standard InChI is InChI=1S/C24H27ClN3O/c1-17-14-27(16-26-17)23-13-22(19-5-7-21(25)8-6-19)20(12-24(23)29-4)11-18-9-10-28(2,3)15-18/h5-8,11-14,16H,9-10,15H2,1-4H3/q+1/b18-11-. The highest BCUT2D eigenvalue weighted by molar-refractivity contribution is 6.30. The number of rotatable bonds is 4. The number of quaternary nitrogens is 1. The summed E-state index contributed by atoms with van der Waals surface area (Å²) in [5.74, 6) is 0.832. The lowest BCUT2D eigenvalue weighted by molar-refractivity contribution is -0.875. The molecule has 150 valence electrons. The van der Waals surface area contributed by atoms with Crippen molar-refractivity contribution in [2.75, 3.05) is 34.3 Å². The van der Waals surface area contributed by atoms with Crippen molar-refractivity contribution in [2.24, 2.45) is 0 Å². The molecule has 0 N–H and O–H groups in total. The molecule has 1 aliphatic heterocycles. The second-order valence-electron chi connectivity index (χ2n) is 8.41. The Balaban J connectivity index is 1.89. The maximum Gasteiger partial charge on any atom is 0.143 e. The van der Waals surface area contributed by atoms with Crippen LogP contribution in [0, 0.1) is 6.92 Å². The maximum atomic E-state index is 6.14. The van der Waals surface area contributed by atoms with Crippen LogP contribution in [-0.4, -0.2) is 48.3 Å². The number of likely N-dealkylation sites (N-methyl/N-ethyl adjacent to an activating group) is 1. The Bertz CT molecular complexity index is 1060. The summed E-state index contributed by atoms with van der Waals surface area (Å²) in [4.78, 5) is 4.38. The highest BCUT2D eigenvalue weighted by atomic mass is 35.5. The Hall–Kier alpha value is -2.56. The largest absolute Gasteiger partial charge is 0.495 e. The van der Waals surface area contributed by atoms with Gasteiger partial charge in [-0.3, -0.25) is 0 Å². The van der Waals surface area contributed by atoms with Gasteiger partial charge in [0.05, 0.1) is 45.5 Å². The van der Waals surface area contributed by atoms with Crippen LogP contribution in [0.2, 0.25) is 5.02 Å². The fourth-order valence-corrected chi connectivity index (χ4v) is 4.12. The van der Waals surface area contributed by atoms with E-state index in [-0.39, 0.29) is 0 Å². The zero-order chi connectivity index (χ0) is 20.6. The number of hydrogen-bond acceptors (Lipinski definition) is 2. The molecule has 1 saturated heterocycles. The number of imidazole rings is 1. The van der Waals surface area contributed by atoms with Crippen molar-refractivity contribution < 1.29 is 9.22 Å². The Kier molecular flexibility index (Phi) is 5.24. The second kappa shape index (κ2) is 7.69. The molecule has 0 atom stereocenters. The quantitative estimate of drug-likeness (QED) is 0.542. The lowest BCUT2D eigenvalue weighted by Crippen LogP contribution is -2.35. The van der Waals surface area contributed by atoms with Crippen molar-refractivity contribution >= 4 is 17.7 Å². The molecular formula is C24H27ClN3O+. The van der Waals surface area contributed by atoms with E-state index in [2.05, 4.69) is 49.4 Å². The zero-order valence-corrected chi connectivity index (χ0v) is 18.2. The van der Waals surface area contributed by atoms with Gasteiger partial charge >= 0.3 is 0 Å². The van der Waals surface area contributed by atoms with Crippen LogP contribution in [0.15, 0.2) is 54.5 Å². The number of benzene rings is 2. The highest BCUT2D eigenvalue weighted by Gasteiger charge is 2.26. The first-order valence-electron chi connectivity index (χ1n) is 9.85. The normalized spacial score (nSPS) is 17.1. The van der Waals surface area contributed by atoms with Crippen molar-refractivity contribution in [3.63, 3.8) is 0 Å². The number of aromatic nitrogens is 2. The Morgan fingerprint density at radius 3 is 2.52 bits per heavy atom. The second-order valence-corrected chi connectivity index (χ2v) is 8.85. The molecule has 0 amide bonds. The van der Waals surface area contributed by atoms with E-state index in [0.717, 1.165) is 50.7 Å². The molecule has 4 nitrogen and oxygen atoms in total. The number of nitrogens with zero attached hydrogens (tertiary/aromatic N) is 3. The van der Waals surface area contributed by atoms with Crippen LogP contribution in [-0.2, 0) is 0 Å². The molecule has 1 fully saturated rings. The first-order chi connectivity index (χ1) is 13.8. The summed E-state index contributed by atoms with van der Waals surface area (Å²) in [6, 6.07) is 12.3. The summed E-state index contributed by atoms with van der Waals surface area (Å²) >= 11 is 6.14. The average Bonchev–Trinajstić information content (AvgIpc) is 3.27. The Labute approximate surface area is 177 Å². The summed E-state index contributed by atoms with van der Waals surface area (Å²) in [5.41, 5.74) is 6.88. The van der Waals surface area contributed by atoms with E-state index >= 15 is 0 Å². The molecule has 3 aromatic rings. The van der Waals surface area contributed by atoms with Crippen molar-refractivity contribution in [3.8, 4) is 22.6 Å². The van der Waals surface area contributed by atoms with Crippen molar-refractivity contribution in [1.29, 1.82) is 0 Å². The fourth-order valence-electron chi connectivity index (χ4n) is 3.99. The Morgan fingerprint density at radius 2 is 1.93 bits per heavy atom. The average molecular weight is 409 g/mol. The van der Waals surface area contributed by atoms with Gasteiger partial charge in [-0.05, 0) is 59.5 Å². The minimum Gasteiger partial charge on any atom is -0.495 e. The number of halogens is 1. The maximum absolute atomic E-state index is 6.14. The number of aryl methyl sites for hydroxylation is 1. The lowest BCUT2D eigenvalue weighted by Gasteiger charge is -2.22. The number of likely N-dealkylation sites (tertiary alicyclic amines) is 1. The van der Waals surface area contributed by atoms with E-state index in [1.807, 2.05) is 36.1 Å². The smallest absolute Gasteiger partial charge is 0.143 e. The van der Waals surface area contributed by atoms with E-state index in [1.165, 1.54) is 17.7 Å². The van der Waals surface area contributed by atoms with Gasteiger partial charge in [0.15, 0.2) is 0 Å². The van der Waals surface area contributed by atoms with Gasteiger partial charge in [-0.2, -0.15) is 0 Å². The monoisotopic (exact) mass is 408 g/mol. The van der Waals surface area contributed by atoms with Gasteiger partial charge in [0.1, 0.15) is 12.3 Å². The third-order valence-corrected chi connectivity index (χ3v) is 5.78. The minimum atomic E-state index is 0.738. The number of ether oxygens (including phenoxy) is 1. The van der Waals surface area contributed by atoms with E-state index in [9.17, 15) is 0 Å². The molecule has 0 bridgehead atoms. The molecular weight excluding hydrogens is 382 g/mol. The number of hydrogen-bond donors (Lipinski definition) is 0. The molecule has 0 spiro atoms. The van der Waals surface area contributed by atoms with Gasteiger partial charge in [0, 0.05) is 17.6 Å². The summed E-state index contributed by atoms with van der Waals surface area (Å²) < 4.78 is 8.81. The summed E-state index contributed by atoms with van der Waals surface area (Å²) in [7, 11) is 6.29. The third kappa shape index (κ3) is 4.24. The number of methoxy groups -OCH3 is 1. The highest BCUT2D eigenvalue weighted by Crippen LogP contribution is 2.36. The van der Waals surface area contributed by atoms with Gasteiger partial charge in [0.25, 0.3) is 0 Å². The van der Waals surface area contributed by atoms with Crippen LogP contribution in [0.25, 0.3) is 22.9 Å². The predicted octanol–water partition coefficient (Wildman–Crippen LogP) is 5.37. The molecule has 5 heteroatoms. The first kappa shape index (κ1) is 19.7. The molecule has 0 unspecified atom stereocenters. The third-order valence-electron chi connectivity index (χ3n) is 5.53. The molecule has 2 heterocycles. The molecule has 29 heavy (non-hydrogen) atoms. The van der Waals surface area contributed by atoms with Crippen LogP contribution in [0.5, 0.6) is 5.75 Å². The van der Waals surface area contributed by atoms with E-state index < -0.39 is 0 Å². The van der Waals surface area contributed by atoms with Crippen LogP contribution in [0.3, 0.4) is 0 Å². The van der Waals surface area contributed by atoms with Gasteiger partial charge in [-0.1, -0.05) is 23.7 Å². The van der Waals surface area contributed by atoms with E-state index in [0.29, 0.717) is 0 Å². The van der Waals surface area contributed by atoms with Crippen molar-refractivity contribution in [3.05, 3.63) is 70.8 Å². The summed E-state index contributed by atoms with van der Waals surface area (Å²) in [5, 5.41) is 0.738. The fraction of sp³-hybridized carbons (Fsp3) is 0.292. The summed E-state index contributed by atoms with van der Waals surface area (Å²) in [6.07, 6.45) is 7.30. The van der Waals surface area contributed by atoms with Gasteiger partial charge in [-0.25, -0.2) is 4.98 Å². The van der Waals surface area contributed by atoms with Crippen LogP contribution in [0.1, 0.15) is 17.7 Å². The van der Waals surface area contributed by atoms with Crippen molar-refractivity contribution in [2.45, 2.75) is 13.3 Å².